The summed E-state index contributed by atoms with van der Waals surface area (Å²) in [6, 6.07) is 8.80. The minimum atomic E-state index is -0.709. The molecule has 0 aliphatic rings. The molecular formula is C24H38N2O5. The van der Waals surface area contributed by atoms with Crippen molar-refractivity contribution < 1.29 is 24.0 Å². The number of alkyl carbamates (subject to hydrolysis) is 1. The summed E-state index contributed by atoms with van der Waals surface area (Å²) in [4.78, 5) is 42.8. The average Bonchev–Trinajstić information content (AvgIpc) is 2.70. The SMILES string of the molecule is CCCC[C@H](CN(C=O)OCc1ccccc1)C(=O)[C@@H](NC(=O)OC(C)(C)C)C(C)C. The van der Waals surface area contributed by atoms with E-state index in [9.17, 15) is 14.4 Å². The molecule has 0 aliphatic heterocycles. The zero-order valence-electron chi connectivity index (χ0n) is 19.7. The topological polar surface area (TPSA) is 84.9 Å². The van der Waals surface area contributed by atoms with Gasteiger partial charge in [0.2, 0.25) is 6.41 Å². The highest BCUT2D eigenvalue weighted by Gasteiger charge is 2.32. The van der Waals surface area contributed by atoms with Crippen LogP contribution < -0.4 is 5.32 Å². The summed E-state index contributed by atoms with van der Waals surface area (Å²) in [5, 5.41) is 3.90. The number of unbranched alkanes of at least 4 members (excludes halogenated alkanes) is 1. The van der Waals surface area contributed by atoms with E-state index in [0.29, 0.717) is 12.8 Å². The van der Waals surface area contributed by atoms with Crippen molar-refractivity contribution in [2.45, 2.75) is 79.1 Å². The molecule has 2 amide bonds. The number of ketones is 1. The van der Waals surface area contributed by atoms with E-state index in [2.05, 4.69) is 5.32 Å². The summed E-state index contributed by atoms with van der Waals surface area (Å²) in [7, 11) is 0. The zero-order valence-corrected chi connectivity index (χ0v) is 19.7. The molecule has 0 bridgehead atoms. The molecule has 1 aromatic carbocycles. The van der Waals surface area contributed by atoms with Crippen LogP contribution in [0.4, 0.5) is 4.79 Å². The van der Waals surface area contributed by atoms with Gasteiger partial charge in [-0.05, 0) is 38.7 Å². The zero-order chi connectivity index (χ0) is 23.4. The van der Waals surface area contributed by atoms with Gasteiger partial charge in [0.1, 0.15) is 12.2 Å². The van der Waals surface area contributed by atoms with Crippen LogP contribution in [0.2, 0.25) is 0 Å². The molecule has 1 rings (SSSR count). The monoisotopic (exact) mass is 434 g/mol. The van der Waals surface area contributed by atoms with E-state index in [0.717, 1.165) is 18.4 Å². The maximum atomic E-state index is 13.3. The van der Waals surface area contributed by atoms with Gasteiger partial charge in [-0.3, -0.25) is 14.4 Å². The first-order chi connectivity index (χ1) is 14.6. The van der Waals surface area contributed by atoms with Gasteiger partial charge in [-0.25, -0.2) is 9.86 Å². The minimum Gasteiger partial charge on any atom is -0.444 e. The quantitative estimate of drug-likeness (QED) is 0.365. The molecule has 2 atom stereocenters. The first-order valence-corrected chi connectivity index (χ1v) is 11.0. The largest absolute Gasteiger partial charge is 0.444 e. The number of Topliss-reactive ketones (excluding diaryl/α,β-unsaturated/α-hetero) is 1. The molecule has 1 N–H and O–H groups in total. The smallest absolute Gasteiger partial charge is 0.408 e. The van der Waals surface area contributed by atoms with Crippen molar-refractivity contribution in [1.82, 2.24) is 10.4 Å². The number of benzene rings is 1. The highest BCUT2D eigenvalue weighted by molar-refractivity contribution is 5.89. The number of hydroxylamine groups is 2. The fraction of sp³-hybridized carbons (Fsp3) is 0.625. The Bertz CT molecular complexity index is 685. The Balaban J connectivity index is 2.87. The number of hydrogen-bond donors (Lipinski definition) is 1. The molecule has 0 fully saturated rings. The van der Waals surface area contributed by atoms with E-state index in [1.807, 2.05) is 51.1 Å². The van der Waals surface area contributed by atoms with Crippen LogP contribution >= 0.6 is 0 Å². The molecule has 0 spiro atoms. The fourth-order valence-corrected chi connectivity index (χ4v) is 3.10. The average molecular weight is 435 g/mol. The fourth-order valence-electron chi connectivity index (χ4n) is 3.10. The maximum Gasteiger partial charge on any atom is 0.408 e. The van der Waals surface area contributed by atoms with Gasteiger partial charge in [0, 0.05) is 5.92 Å². The molecule has 174 valence electrons. The molecule has 7 heteroatoms. The van der Waals surface area contributed by atoms with E-state index >= 15 is 0 Å². The number of ether oxygens (including phenoxy) is 1. The van der Waals surface area contributed by atoms with Crippen LogP contribution in [0.25, 0.3) is 0 Å². The van der Waals surface area contributed by atoms with E-state index in [-0.39, 0.29) is 24.9 Å². The van der Waals surface area contributed by atoms with Gasteiger partial charge < -0.3 is 10.1 Å². The van der Waals surface area contributed by atoms with E-state index < -0.39 is 23.7 Å². The normalized spacial score (nSPS) is 13.4. The van der Waals surface area contributed by atoms with Gasteiger partial charge in [0.05, 0.1) is 12.6 Å². The molecule has 0 aromatic heterocycles. The van der Waals surface area contributed by atoms with Gasteiger partial charge in [0.15, 0.2) is 5.78 Å². The van der Waals surface area contributed by atoms with Gasteiger partial charge in [-0.1, -0.05) is 63.9 Å². The number of nitrogens with one attached hydrogen (secondary N) is 1. The molecule has 0 heterocycles. The van der Waals surface area contributed by atoms with Crippen LogP contribution in [-0.2, 0) is 25.8 Å². The number of amides is 2. The van der Waals surface area contributed by atoms with Crippen molar-refractivity contribution in [3.05, 3.63) is 35.9 Å². The summed E-state index contributed by atoms with van der Waals surface area (Å²) in [6.45, 7) is 11.5. The summed E-state index contributed by atoms with van der Waals surface area (Å²) < 4.78 is 5.33. The molecule has 31 heavy (non-hydrogen) atoms. The Morgan fingerprint density at radius 1 is 1.16 bits per heavy atom. The Morgan fingerprint density at radius 2 is 1.81 bits per heavy atom. The van der Waals surface area contributed by atoms with Crippen LogP contribution in [0.1, 0.15) is 66.4 Å². The molecule has 1 aromatic rings. The third-order valence-electron chi connectivity index (χ3n) is 4.71. The molecule has 0 aliphatic carbocycles. The third-order valence-corrected chi connectivity index (χ3v) is 4.71. The van der Waals surface area contributed by atoms with E-state index in [1.165, 1.54) is 5.06 Å². The number of rotatable bonds is 13. The molecule has 0 saturated heterocycles. The Labute approximate surface area is 186 Å². The summed E-state index contributed by atoms with van der Waals surface area (Å²) in [5.74, 6) is -0.702. The Hall–Kier alpha value is -2.41. The summed E-state index contributed by atoms with van der Waals surface area (Å²) >= 11 is 0. The van der Waals surface area contributed by atoms with Crippen molar-refractivity contribution >= 4 is 18.3 Å². The lowest BCUT2D eigenvalue weighted by atomic mass is 9.87. The van der Waals surface area contributed by atoms with E-state index in [4.69, 9.17) is 9.57 Å². The second-order valence-corrected chi connectivity index (χ2v) is 9.07. The number of nitrogens with zero attached hydrogens (tertiary/aromatic N) is 1. The van der Waals surface area contributed by atoms with Crippen LogP contribution in [0, 0.1) is 11.8 Å². The molecule has 0 unspecified atom stereocenters. The van der Waals surface area contributed by atoms with Crippen molar-refractivity contribution in [1.29, 1.82) is 0 Å². The highest BCUT2D eigenvalue weighted by Crippen LogP contribution is 2.18. The number of carbonyl (C=O) groups is 3. The van der Waals surface area contributed by atoms with E-state index in [1.54, 1.807) is 20.8 Å². The van der Waals surface area contributed by atoms with Crippen LogP contribution in [0.15, 0.2) is 30.3 Å². The molecule has 0 saturated carbocycles. The first kappa shape index (κ1) is 26.6. The lowest BCUT2D eigenvalue weighted by molar-refractivity contribution is -0.182. The second kappa shape index (κ2) is 13.1. The first-order valence-electron chi connectivity index (χ1n) is 11.0. The van der Waals surface area contributed by atoms with Crippen molar-refractivity contribution in [3.63, 3.8) is 0 Å². The van der Waals surface area contributed by atoms with Gasteiger partial charge in [-0.15, -0.1) is 0 Å². The minimum absolute atomic E-state index is 0.121. The lowest BCUT2D eigenvalue weighted by Gasteiger charge is -2.29. The number of hydrogen-bond acceptors (Lipinski definition) is 5. The van der Waals surface area contributed by atoms with Crippen LogP contribution in [0.3, 0.4) is 0 Å². The Kier molecular flexibility index (Phi) is 11.3. The van der Waals surface area contributed by atoms with Gasteiger partial charge >= 0.3 is 6.09 Å². The molecule has 7 nitrogen and oxygen atoms in total. The molecule has 0 radical (unpaired) electrons. The van der Waals surface area contributed by atoms with Crippen molar-refractivity contribution in [3.8, 4) is 0 Å². The standard InChI is InChI=1S/C24H38N2O5/c1-7-8-14-20(15-26(17-27)30-16-19-12-10-9-11-13-19)22(28)21(18(2)3)25-23(29)31-24(4,5)6/h9-13,17-18,20-21H,7-8,14-16H2,1-6H3,(H,25,29)/t20-,21+/m1/s1. The molecular weight excluding hydrogens is 396 g/mol. The van der Waals surface area contributed by atoms with Gasteiger partial charge in [-0.2, -0.15) is 0 Å². The maximum absolute atomic E-state index is 13.3. The highest BCUT2D eigenvalue weighted by atomic mass is 16.7. The van der Waals surface area contributed by atoms with Crippen LogP contribution in [0.5, 0.6) is 0 Å². The predicted molar refractivity (Wildman–Crippen MR) is 120 cm³/mol. The van der Waals surface area contributed by atoms with Crippen molar-refractivity contribution in [2.75, 3.05) is 6.54 Å². The second-order valence-electron chi connectivity index (χ2n) is 9.07. The van der Waals surface area contributed by atoms with Crippen molar-refractivity contribution in [2.24, 2.45) is 11.8 Å². The lowest BCUT2D eigenvalue weighted by Crippen LogP contribution is -2.50. The summed E-state index contributed by atoms with van der Waals surface area (Å²) in [6.07, 6.45) is 2.33. The summed E-state index contributed by atoms with van der Waals surface area (Å²) in [5.41, 5.74) is 0.271. The number of carbonyl (C=O) groups excluding carboxylic acids is 3. The predicted octanol–water partition coefficient (Wildman–Crippen LogP) is 4.50. The Morgan fingerprint density at radius 3 is 2.32 bits per heavy atom. The third kappa shape index (κ3) is 10.4. The van der Waals surface area contributed by atoms with Gasteiger partial charge in [0.25, 0.3) is 0 Å². The van der Waals surface area contributed by atoms with Crippen LogP contribution in [-0.4, -0.2) is 41.5 Å².